The molecule has 0 bridgehead atoms. The molecular weight excluding hydrogens is 304 g/mol. The minimum atomic E-state index is -0.670. The smallest absolute Gasteiger partial charge is 0.234 e. The number of carbonyl (C=O) groups is 1. The maximum Gasteiger partial charge on any atom is 0.234 e. The molecule has 2 aromatic carbocycles. The number of hydrogen-bond acceptors (Lipinski definition) is 2. The second-order valence-corrected chi connectivity index (χ2v) is 5.40. The maximum absolute atomic E-state index is 13.3. The number of hydrogen-bond donors (Lipinski definition) is 1. The van der Waals surface area contributed by atoms with E-state index < -0.39 is 17.5 Å². The monoisotopic (exact) mass is 313 g/mol. The van der Waals surface area contributed by atoms with Crippen molar-refractivity contribution in [1.29, 1.82) is 0 Å². The van der Waals surface area contributed by atoms with Gasteiger partial charge in [0.05, 0.1) is 11.4 Å². The van der Waals surface area contributed by atoms with Gasteiger partial charge in [0.2, 0.25) is 5.91 Å². The van der Waals surface area contributed by atoms with Crippen molar-refractivity contribution in [2.45, 2.75) is 4.90 Å². The Labute approximate surface area is 124 Å². The van der Waals surface area contributed by atoms with Gasteiger partial charge in [0.1, 0.15) is 11.6 Å². The second kappa shape index (κ2) is 6.72. The van der Waals surface area contributed by atoms with Gasteiger partial charge in [0, 0.05) is 16.0 Å². The van der Waals surface area contributed by atoms with Crippen molar-refractivity contribution < 1.29 is 13.6 Å². The largest absolute Gasteiger partial charge is 0.323 e. The molecule has 0 unspecified atom stereocenters. The number of benzene rings is 2. The first kappa shape index (κ1) is 14.8. The first-order chi connectivity index (χ1) is 9.54. The molecule has 0 aromatic heterocycles. The number of carbonyl (C=O) groups excluding carboxylic acids is 1. The molecule has 0 heterocycles. The summed E-state index contributed by atoms with van der Waals surface area (Å²) >= 11 is 7.03. The van der Waals surface area contributed by atoms with E-state index in [1.54, 1.807) is 24.3 Å². The Morgan fingerprint density at radius 2 is 1.85 bits per heavy atom. The summed E-state index contributed by atoms with van der Waals surface area (Å²) in [7, 11) is 0. The lowest BCUT2D eigenvalue weighted by molar-refractivity contribution is -0.113. The molecule has 0 fully saturated rings. The lowest BCUT2D eigenvalue weighted by atomic mass is 10.3. The van der Waals surface area contributed by atoms with Gasteiger partial charge in [-0.15, -0.1) is 11.8 Å². The molecule has 0 saturated carbocycles. The predicted molar refractivity (Wildman–Crippen MR) is 77.2 cm³/mol. The molecule has 6 heteroatoms. The van der Waals surface area contributed by atoms with Gasteiger partial charge in [0.25, 0.3) is 0 Å². The molecule has 104 valence electrons. The van der Waals surface area contributed by atoms with Crippen molar-refractivity contribution in [3.05, 3.63) is 59.1 Å². The fourth-order valence-electron chi connectivity index (χ4n) is 1.46. The van der Waals surface area contributed by atoms with Crippen LogP contribution in [-0.2, 0) is 4.79 Å². The second-order valence-electron chi connectivity index (χ2n) is 3.91. The van der Waals surface area contributed by atoms with Gasteiger partial charge in [-0.1, -0.05) is 11.6 Å². The number of halogens is 3. The molecule has 2 nitrogen and oxygen atoms in total. The number of nitrogens with one attached hydrogen (secondary N) is 1. The fourth-order valence-corrected chi connectivity index (χ4v) is 2.28. The third-order valence-corrected chi connectivity index (χ3v) is 3.65. The topological polar surface area (TPSA) is 29.1 Å². The summed E-state index contributed by atoms with van der Waals surface area (Å²) < 4.78 is 26.3. The van der Waals surface area contributed by atoms with Crippen LogP contribution >= 0.6 is 23.4 Å². The van der Waals surface area contributed by atoms with Gasteiger partial charge in [-0.05, 0) is 36.4 Å². The van der Waals surface area contributed by atoms with E-state index in [-0.39, 0.29) is 11.4 Å². The number of thioether (sulfide) groups is 1. The van der Waals surface area contributed by atoms with Gasteiger partial charge in [-0.2, -0.15) is 0 Å². The number of amides is 1. The van der Waals surface area contributed by atoms with Crippen molar-refractivity contribution in [1.82, 2.24) is 0 Å². The highest BCUT2D eigenvalue weighted by Crippen LogP contribution is 2.21. The maximum atomic E-state index is 13.3. The van der Waals surface area contributed by atoms with E-state index >= 15 is 0 Å². The fraction of sp³-hybridized carbons (Fsp3) is 0.0714. The Bertz CT molecular complexity index is 619. The van der Waals surface area contributed by atoms with Gasteiger partial charge < -0.3 is 5.32 Å². The van der Waals surface area contributed by atoms with E-state index in [0.717, 1.165) is 23.1 Å². The Balaban J connectivity index is 1.92. The zero-order valence-electron chi connectivity index (χ0n) is 10.2. The van der Waals surface area contributed by atoms with Crippen molar-refractivity contribution in [3.63, 3.8) is 0 Å². The first-order valence-electron chi connectivity index (χ1n) is 5.68. The lowest BCUT2D eigenvalue weighted by Gasteiger charge is -2.06. The third kappa shape index (κ3) is 4.21. The molecule has 0 aliphatic heterocycles. The molecule has 20 heavy (non-hydrogen) atoms. The SMILES string of the molecule is O=C(CSc1ccc(Cl)cc1)Nc1cc(F)ccc1F. The highest BCUT2D eigenvalue weighted by atomic mass is 35.5. The average molecular weight is 314 g/mol. The minimum absolute atomic E-state index is 0.0948. The highest BCUT2D eigenvalue weighted by Gasteiger charge is 2.08. The van der Waals surface area contributed by atoms with Gasteiger partial charge >= 0.3 is 0 Å². The molecule has 0 radical (unpaired) electrons. The zero-order chi connectivity index (χ0) is 14.5. The Hall–Kier alpha value is -1.59. The van der Waals surface area contributed by atoms with Crippen LogP contribution in [0.3, 0.4) is 0 Å². The van der Waals surface area contributed by atoms with Gasteiger partial charge in [-0.3, -0.25) is 4.79 Å². The molecule has 1 N–H and O–H groups in total. The molecule has 2 rings (SSSR count). The lowest BCUT2D eigenvalue weighted by Crippen LogP contribution is -2.15. The van der Waals surface area contributed by atoms with Crippen LogP contribution in [0.2, 0.25) is 5.02 Å². The van der Waals surface area contributed by atoms with Crippen LogP contribution in [0.25, 0.3) is 0 Å². The van der Waals surface area contributed by atoms with Crippen LogP contribution in [-0.4, -0.2) is 11.7 Å². The number of anilines is 1. The number of rotatable bonds is 4. The average Bonchev–Trinajstić information content (AvgIpc) is 2.42. The van der Waals surface area contributed by atoms with Crippen molar-refractivity contribution in [2.24, 2.45) is 0 Å². The van der Waals surface area contributed by atoms with E-state index in [2.05, 4.69) is 5.32 Å². The summed E-state index contributed by atoms with van der Waals surface area (Å²) in [5, 5.41) is 2.94. The van der Waals surface area contributed by atoms with Crippen LogP contribution in [0.15, 0.2) is 47.4 Å². The molecule has 0 spiro atoms. The summed E-state index contributed by atoms with van der Waals surface area (Å²) in [4.78, 5) is 12.5. The van der Waals surface area contributed by atoms with Crippen LogP contribution < -0.4 is 5.32 Å². The Morgan fingerprint density at radius 3 is 2.55 bits per heavy atom. The van der Waals surface area contributed by atoms with Crippen LogP contribution in [0.1, 0.15) is 0 Å². The Morgan fingerprint density at radius 1 is 1.15 bits per heavy atom. The van der Waals surface area contributed by atoms with Crippen molar-refractivity contribution >= 4 is 35.0 Å². The van der Waals surface area contributed by atoms with E-state index in [1.807, 2.05) is 0 Å². The molecule has 0 saturated heterocycles. The van der Waals surface area contributed by atoms with E-state index in [1.165, 1.54) is 11.8 Å². The predicted octanol–water partition coefficient (Wildman–Crippen LogP) is 4.35. The molecule has 0 aliphatic rings. The van der Waals surface area contributed by atoms with Crippen LogP contribution in [0.4, 0.5) is 14.5 Å². The third-order valence-electron chi connectivity index (χ3n) is 2.39. The standard InChI is InChI=1S/C14H10ClF2NOS/c15-9-1-4-11(5-2-9)20-8-14(19)18-13-7-10(16)3-6-12(13)17/h1-7H,8H2,(H,18,19). The summed E-state index contributed by atoms with van der Waals surface area (Å²) in [6.45, 7) is 0. The van der Waals surface area contributed by atoms with E-state index in [0.29, 0.717) is 5.02 Å². The van der Waals surface area contributed by atoms with Crippen molar-refractivity contribution in [2.75, 3.05) is 11.1 Å². The molecule has 2 aromatic rings. The quantitative estimate of drug-likeness (QED) is 0.850. The first-order valence-corrected chi connectivity index (χ1v) is 7.04. The summed E-state index contributed by atoms with van der Waals surface area (Å²) in [5.41, 5.74) is -0.160. The Kier molecular flexibility index (Phi) is 4.98. The van der Waals surface area contributed by atoms with Gasteiger partial charge in [0.15, 0.2) is 0 Å². The van der Waals surface area contributed by atoms with Crippen molar-refractivity contribution in [3.8, 4) is 0 Å². The normalized spacial score (nSPS) is 10.3. The molecule has 0 atom stereocenters. The molecular formula is C14H10ClF2NOS. The van der Waals surface area contributed by atoms with E-state index in [9.17, 15) is 13.6 Å². The zero-order valence-corrected chi connectivity index (χ0v) is 11.8. The van der Waals surface area contributed by atoms with Gasteiger partial charge in [-0.25, -0.2) is 8.78 Å². The molecule has 0 aliphatic carbocycles. The summed E-state index contributed by atoms with van der Waals surface area (Å²) in [6.07, 6.45) is 0. The van der Waals surface area contributed by atoms with E-state index in [4.69, 9.17) is 11.6 Å². The van der Waals surface area contributed by atoms with Crippen LogP contribution in [0, 0.1) is 11.6 Å². The van der Waals surface area contributed by atoms with Crippen LogP contribution in [0.5, 0.6) is 0 Å². The minimum Gasteiger partial charge on any atom is -0.323 e. The molecule has 1 amide bonds. The summed E-state index contributed by atoms with van der Waals surface area (Å²) in [6, 6.07) is 9.90. The highest BCUT2D eigenvalue weighted by molar-refractivity contribution is 8.00. The summed E-state index contributed by atoms with van der Waals surface area (Å²) in [5.74, 6) is -1.59.